The maximum absolute atomic E-state index is 9.23. The SMILES string of the molecule is C/C=C\NC1/C(=C(/O)OC)C1C. The van der Waals surface area contributed by atoms with E-state index in [2.05, 4.69) is 5.32 Å². The highest BCUT2D eigenvalue weighted by atomic mass is 16.6. The monoisotopic (exact) mass is 169 g/mol. The first-order valence-electron chi connectivity index (χ1n) is 4.06. The average Bonchev–Trinajstić information content (AvgIpc) is 2.72. The lowest BCUT2D eigenvalue weighted by atomic mass is 10.4. The number of hydrogen-bond acceptors (Lipinski definition) is 3. The van der Waals surface area contributed by atoms with Crippen LogP contribution in [0.5, 0.6) is 0 Å². The number of methoxy groups -OCH3 is 1. The molecular weight excluding hydrogens is 154 g/mol. The fourth-order valence-corrected chi connectivity index (χ4v) is 1.27. The zero-order chi connectivity index (χ0) is 9.14. The molecule has 0 aromatic carbocycles. The Hall–Kier alpha value is -1.12. The van der Waals surface area contributed by atoms with Crippen molar-refractivity contribution in [1.29, 1.82) is 0 Å². The van der Waals surface area contributed by atoms with Crippen molar-refractivity contribution in [3.8, 4) is 0 Å². The van der Waals surface area contributed by atoms with E-state index in [4.69, 9.17) is 4.74 Å². The van der Waals surface area contributed by atoms with Crippen LogP contribution in [0.4, 0.5) is 0 Å². The molecule has 3 heteroatoms. The van der Waals surface area contributed by atoms with Gasteiger partial charge in [0.25, 0.3) is 5.95 Å². The lowest BCUT2D eigenvalue weighted by Crippen LogP contribution is -2.09. The molecule has 1 aliphatic rings. The maximum Gasteiger partial charge on any atom is 0.277 e. The second kappa shape index (κ2) is 3.52. The molecule has 12 heavy (non-hydrogen) atoms. The fourth-order valence-electron chi connectivity index (χ4n) is 1.27. The Kier molecular flexibility index (Phi) is 2.63. The van der Waals surface area contributed by atoms with Crippen molar-refractivity contribution >= 4 is 0 Å². The van der Waals surface area contributed by atoms with E-state index in [-0.39, 0.29) is 12.0 Å². The van der Waals surface area contributed by atoms with Gasteiger partial charge in [0.1, 0.15) is 0 Å². The predicted molar refractivity (Wildman–Crippen MR) is 47.6 cm³/mol. The number of aliphatic hydroxyl groups is 1. The first kappa shape index (κ1) is 8.97. The van der Waals surface area contributed by atoms with Gasteiger partial charge in [-0.3, -0.25) is 0 Å². The summed E-state index contributed by atoms with van der Waals surface area (Å²) < 4.78 is 4.73. The second-order valence-electron chi connectivity index (χ2n) is 2.90. The van der Waals surface area contributed by atoms with Crippen LogP contribution in [0.1, 0.15) is 13.8 Å². The Balaban J connectivity index is 2.53. The summed E-state index contributed by atoms with van der Waals surface area (Å²) in [5.41, 5.74) is 0.954. The molecule has 0 heterocycles. The van der Waals surface area contributed by atoms with Gasteiger partial charge >= 0.3 is 0 Å². The zero-order valence-electron chi connectivity index (χ0n) is 7.66. The Morgan fingerprint density at radius 1 is 1.67 bits per heavy atom. The molecule has 0 aromatic rings. The van der Waals surface area contributed by atoms with Crippen LogP contribution < -0.4 is 5.32 Å². The van der Waals surface area contributed by atoms with Crippen molar-refractivity contribution in [2.45, 2.75) is 19.9 Å². The largest absolute Gasteiger partial charge is 0.481 e. The summed E-state index contributed by atoms with van der Waals surface area (Å²) >= 11 is 0. The van der Waals surface area contributed by atoms with Crippen LogP contribution >= 0.6 is 0 Å². The highest BCUT2D eigenvalue weighted by molar-refractivity contribution is 5.34. The van der Waals surface area contributed by atoms with Crippen LogP contribution in [0.2, 0.25) is 0 Å². The third-order valence-electron chi connectivity index (χ3n) is 2.10. The Morgan fingerprint density at radius 3 is 2.83 bits per heavy atom. The number of nitrogens with one attached hydrogen (secondary N) is 1. The highest BCUT2D eigenvalue weighted by Gasteiger charge is 2.43. The lowest BCUT2D eigenvalue weighted by molar-refractivity contribution is 0.133. The van der Waals surface area contributed by atoms with Crippen LogP contribution in [0.15, 0.2) is 23.8 Å². The first-order valence-corrected chi connectivity index (χ1v) is 4.06. The summed E-state index contributed by atoms with van der Waals surface area (Å²) in [6.45, 7) is 3.99. The van der Waals surface area contributed by atoms with Gasteiger partial charge in [0.2, 0.25) is 0 Å². The van der Waals surface area contributed by atoms with Crippen LogP contribution in [0, 0.1) is 5.92 Å². The van der Waals surface area contributed by atoms with Crippen LogP contribution in [0.3, 0.4) is 0 Å². The van der Waals surface area contributed by atoms with Gasteiger partial charge in [0, 0.05) is 11.5 Å². The smallest absolute Gasteiger partial charge is 0.277 e. The summed E-state index contributed by atoms with van der Waals surface area (Å²) in [4.78, 5) is 0. The van der Waals surface area contributed by atoms with Crippen molar-refractivity contribution < 1.29 is 9.84 Å². The van der Waals surface area contributed by atoms with E-state index in [0.717, 1.165) is 5.57 Å². The van der Waals surface area contributed by atoms with Crippen LogP contribution in [0.25, 0.3) is 0 Å². The molecule has 3 nitrogen and oxygen atoms in total. The van der Waals surface area contributed by atoms with Gasteiger partial charge in [0.05, 0.1) is 13.2 Å². The van der Waals surface area contributed by atoms with Crippen molar-refractivity contribution in [3.63, 3.8) is 0 Å². The summed E-state index contributed by atoms with van der Waals surface area (Å²) in [5.74, 6) is 0.436. The Bertz CT molecular complexity index is 221. The minimum atomic E-state index is 0.0597. The molecule has 0 amide bonds. The molecule has 1 aliphatic carbocycles. The van der Waals surface area contributed by atoms with Crippen LogP contribution in [-0.4, -0.2) is 18.3 Å². The van der Waals surface area contributed by atoms with Crippen LogP contribution in [-0.2, 0) is 4.74 Å². The molecule has 1 rings (SSSR count). The molecule has 1 saturated carbocycles. The standard InChI is InChI=1S/C9H15NO2/c1-4-5-10-8-6(2)7(8)9(11)12-3/h4-6,8,10-11H,1-3H3/b5-4-,9-7-. The molecule has 0 bridgehead atoms. The molecule has 0 spiro atoms. The van der Waals surface area contributed by atoms with Gasteiger partial charge in [0.15, 0.2) is 0 Å². The summed E-state index contributed by atoms with van der Waals surface area (Å²) in [5, 5.41) is 12.4. The maximum atomic E-state index is 9.23. The number of aliphatic hydroxyl groups excluding tert-OH is 1. The van der Waals surface area contributed by atoms with E-state index in [1.807, 2.05) is 26.1 Å². The zero-order valence-corrected chi connectivity index (χ0v) is 7.66. The third-order valence-corrected chi connectivity index (χ3v) is 2.10. The molecule has 0 aliphatic heterocycles. The molecule has 0 saturated heterocycles. The van der Waals surface area contributed by atoms with Gasteiger partial charge in [-0.2, -0.15) is 0 Å². The van der Waals surface area contributed by atoms with Gasteiger partial charge in [-0.15, -0.1) is 0 Å². The molecule has 1 fully saturated rings. The van der Waals surface area contributed by atoms with E-state index >= 15 is 0 Å². The minimum absolute atomic E-state index is 0.0597. The highest BCUT2D eigenvalue weighted by Crippen LogP contribution is 2.39. The average molecular weight is 169 g/mol. The van der Waals surface area contributed by atoms with E-state index < -0.39 is 0 Å². The predicted octanol–water partition coefficient (Wildman–Crippen LogP) is 1.54. The first-order chi connectivity index (χ1) is 5.72. The second-order valence-corrected chi connectivity index (χ2v) is 2.90. The molecule has 0 radical (unpaired) electrons. The van der Waals surface area contributed by atoms with Gasteiger partial charge in [-0.05, 0) is 13.1 Å². The molecule has 2 N–H and O–H groups in total. The van der Waals surface area contributed by atoms with E-state index in [1.165, 1.54) is 7.11 Å². The lowest BCUT2D eigenvalue weighted by Gasteiger charge is -1.95. The number of rotatable bonds is 3. The van der Waals surface area contributed by atoms with Crippen molar-refractivity contribution in [1.82, 2.24) is 5.32 Å². The molecule has 68 valence electrons. The van der Waals surface area contributed by atoms with Crippen molar-refractivity contribution in [2.24, 2.45) is 5.92 Å². The summed E-state index contributed by atoms with van der Waals surface area (Å²) in [6, 6.07) is 0.251. The topological polar surface area (TPSA) is 41.5 Å². The molecule has 2 unspecified atom stereocenters. The molecule has 0 aromatic heterocycles. The quantitative estimate of drug-likeness (QED) is 0.630. The third kappa shape index (κ3) is 1.55. The summed E-state index contributed by atoms with van der Waals surface area (Å²) in [6.07, 6.45) is 3.80. The normalized spacial score (nSPS) is 31.9. The summed E-state index contributed by atoms with van der Waals surface area (Å²) in [7, 11) is 1.47. The Morgan fingerprint density at radius 2 is 2.33 bits per heavy atom. The van der Waals surface area contributed by atoms with Gasteiger partial charge in [-0.25, -0.2) is 0 Å². The molecule has 2 atom stereocenters. The van der Waals surface area contributed by atoms with Gasteiger partial charge in [-0.1, -0.05) is 13.0 Å². The van der Waals surface area contributed by atoms with Crippen molar-refractivity contribution in [3.05, 3.63) is 23.8 Å². The fraction of sp³-hybridized carbons (Fsp3) is 0.556. The van der Waals surface area contributed by atoms with Gasteiger partial charge < -0.3 is 15.2 Å². The van der Waals surface area contributed by atoms with E-state index in [1.54, 1.807) is 0 Å². The molecular formula is C9H15NO2. The number of allylic oxidation sites excluding steroid dienone is 1. The Labute approximate surface area is 72.7 Å². The van der Waals surface area contributed by atoms with Crippen molar-refractivity contribution in [2.75, 3.05) is 7.11 Å². The minimum Gasteiger partial charge on any atom is -0.481 e. The number of hydrogen-bond donors (Lipinski definition) is 2. The number of ether oxygens (including phenoxy) is 1. The van der Waals surface area contributed by atoms with E-state index in [9.17, 15) is 5.11 Å². The van der Waals surface area contributed by atoms with E-state index in [0.29, 0.717) is 5.92 Å².